The summed E-state index contributed by atoms with van der Waals surface area (Å²) in [6, 6.07) is 5.89. The average molecular weight is 455 g/mol. The van der Waals surface area contributed by atoms with E-state index in [0.29, 0.717) is 21.2 Å². The van der Waals surface area contributed by atoms with Gasteiger partial charge >= 0.3 is 0 Å². The van der Waals surface area contributed by atoms with E-state index in [1.807, 2.05) is 11.8 Å². The summed E-state index contributed by atoms with van der Waals surface area (Å²) in [6.07, 6.45) is 9.04. The van der Waals surface area contributed by atoms with Crippen LogP contribution < -0.4 is 5.32 Å². The van der Waals surface area contributed by atoms with Crippen LogP contribution in [0.25, 0.3) is 0 Å². The lowest BCUT2D eigenvalue weighted by molar-refractivity contribution is -0.115. The van der Waals surface area contributed by atoms with Crippen LogP contribution in [0.15, 0.2) is 23.4 Å². The zero-order valence-corrected chi connectivity index (χ0v) is 19.3. The summed E-state index contributed by atoms with van der Waals surface area (Å²) in [5, 5.41) is 13.6. The van der Waals surface area contributed by atoms with Gasteiger partial charge in [-0.25, -0.2) is 4.98 Å². The highest BCUT2D eigenvalue weighted by molar-refractivity contribution is 8.00. The first-order valence-electron chi connectivity index (χ1n) is 10.8. The molecule has 1 aliphatic heterocycles. The lowest BCUT2D eigenvalue weighted by Crippen LogP contribution is -2.27. The summed E-state index contributed by atoms with van der Waals surface area (Å²) in [5.41, 5.74) is 2.35. The number of thioether (sulfide) groups is 1. The van der Waals surface area contributed by atoms with Gasteiger partial charge in [0.1, 0.15) is 11.1 Å². The molecule has 1 fully saturated rings. The number of carbonyl (C=O) groups excluding carboxylic acids is 2. The van der Waals surface area contributed by atoms with E-state index in [2.05, 4.69) is 16.4 Å². The normalized spacial score (nSPS) is 16.8. The number of likely N-dealkylation sites (tertiary alicyclic amines) is 1. The molecule has 162 valence electrons. The number of aryl methyl sites for hydroxylation is 1. The molecule has 6 nitrogen and oxygen atoms in total. The molecule has 1 atom stereocenters. The number of hydrogen-bond acceptors (Lipinski definition) is 6. The zero-order valence-electron chi connectivity index (χ0n) is 17.6. The highest BCUT2D eigenvalue weighted by atomic mass is 32.2. The molecule has 2 amide bonds. The number of nitrogens with one attached hydrogen (secondary N) is 1. The average Bonchev–Trinajstić information content (AvgIpc) is 3.36. The van der Waals surface area contributed by atoms with Gasteiger partial charge in [-0.3, -0.25) is 9.59 Å². The molecule has 2 aromatic rings. The Morgan fingerprint density at radius 3 is 2.68 bits per heavy atom. The van der Waals surface area contributed by atoms with Crippen molar-refractivity contribution >= 4 is 39.9 Å². The zero-order chi connectivity index (χ0) is 21.8. The lowest BCUT2D eigenvalue weighted by atomic mass is 10.1. The number of anilines is 1. The second-order valence-electron chi connectivity index (χ2n) is 8.01. The van der Waals surface area contributed by atoms with Crippen LogP contribution in [0.5, 0.6) is 0 Å². The van der Waals surface area contributed by atoms with Crippen LogP contribution in [0, 0.1) is 11.3 Å². The fourth-order valence-electron chi connectivity index (χ4n) is 4.08. The molecule has 0 radical (unpaired) electrons. The highest BCUT2D eigenvalue weighted by Gasteiger charge is 2.24. The van der Waals surface area contributed by atoms with Crippen molar-refractivity contribution in [3.63, 3.8) is 0 Å². The molecule has 1 unspecified atom stereocenters. The quantitative estimate of drug-likeness (QED) is 0.525. The van der Waals surface area contributed by atoms with Crippen molar-refractivity contribution in [3.05, 3.63) is 39.9 Å². The Morgan fingerprint density at radius 2 is 1.97 bits per heavy atom. The van der Waals surface area contributed by atoms with Crippen molar-refractivity contribution < 1.29 is 9.59 Å². The molecule has 1 aliphatic carbocycles. The standard InChI is InChI=1S/C23H26N4O2S2/c1-15(30-20-10-9-16(14-25-20)23(29)27-11-5-6-12-27)21(28)26-22-18(13-24)17-7-3-2-4-8-19(17)31-22/h9-10,14-15H,2-8,11-12H2,1H3,(H,26,28). The van der Waals surface area contributed by atoms with E-state index in [0.717, 1.165) is 57.2 Å². The van der Waals surface area contributed by atoms with Crippen LogP contribution in [0.1, 0.15) is 65.4 Å². The molecule has 3 heterocycles. The number of aromatic nitrogens is 1. The van der Waals surface area contributed by atoms with Gasteiger partial charge in [0.15, 0.2) is 0 Å². The maximum atomic E-state index is 12.8. The first kappa shape index (κ1) is 21.8. The monoisotopic (exact) mass is 454 g/mol. The summed E-state index contributed by atoms with van der Waals surface area (Å²) < 4.78 is 0. The van der Waals surface area contributed by atoms with E-state index in [1.54, 1.807) is 29.7 Å². The van der Waals surface area contributed by atoms with Crippen LogP contribution in [0.4, 0.5) is 5.00 Å². The summed E-state index contributed by atoms with van der Waals surface area (Å²) in [7, 11) is 0. The third-order valence-corrected chi connectivity index (χ3v) is 8.07. The van der Waals surface area contributed by atoms with Gasteiger partial charge in [-0.05, 0) is 63.1 Å². The minimum atomic E-state index is -0.374. The number of fused-ring (bicyclic) bond motifs is 1. The third kappa shape index (κ3) is 4.94. The summed E-state index contributed by atoms with van der Waals surface area (Å²) in [5.74, 6) is -0.120. The van der Waals surface area contributed by atoms with E-state index < -0.39 is 0 Å². The molecule has 0 aromatic carbocycles. The summed E-state index contributed by atoms with van der Waals surface area (Å²) in [4.78, 5) is 32.7. The minimum absolute atomic E-state index is 0.0221. The van der Waals surface area contributed by atoms with E-state index in [4.69, 9.17) is 0 Å². The number of nitriles is 1. The van der Waals surface area contributed by atoms with Crippen molar-refractivity contribution in [1.29, 1.82) is 5.26 Å². The molecule has 1 saturated heterocycles. The first-order valence-corrected chi connectivity index (χ1v) is 12.5. The lowest BCUT2D eigenvalue weighted by Gasteiger charge is -2.15. The Kier molecular flexibility index (Phi) is 6.93. The number of pyridine rings is 1. The van der Waals surface area contributed by atoms with E-state index >= 15 is 0 Å². The Bertz CT molecular complexity index is 1000. The minimum Gasteiger partial charge on any atom is -0.339 e. The molecule has 31 heavy (non-hydrogen) atoms. The molecule has 2 aromatic heterocycles. The van der Waals surface area contributed by atoms with E-state index in [9.17, 15) is 14.9 Å². The van der Waals surface area contributed by atoms with Gasteiger partial charge in [0.2, 0.25) is 5.91 Å². The number of amides is 2. The summed E-state index contributed by atoms with van der Waals surface area (Å²) >= 11 is 2.90. The highest BCUT2D eigenvalue weighted by Crippen LogP contribution is 2.37. The van der Waals surface area contributed by atoms with Crippen molar-refractivity contribution in [3.8, 4) is 6.07 Å². The van der Waals surface area contributed by atoms with E-state index in [-0.39, 0.29) is 17.1 Å². The SMILES string of the molecule is CC(Sc1ccc(C(=O)N2CCCC2)cn1)C(=O)Nc1sc2c(c1C#N)CCCCC2. The van der Waals surface area contributed by atoms with Gasteiger partial charge in [-0.1, -0.05) is 18.2 Å². The Balaban J connectivity index is 1.39. The van der Waals surface area contributed by atoms with Crippen LogP contribution in [-0.4, -0.2) is 40.0 Å². The van der Waals surface area contributed by atoms with Gasteiger partial charge < -0.3 is 10.2 Å². The molecule has 8 heteroatoms. The molecule has 1 N–H and O–H groups in total. The maximum absolute atomic E-state index is 12.8. The predicted molar refractivity (Wildman–Crippen MR) is 124 cm³/mol. The molecular formula is C23H26N4O2S2. The first-order chi connectivity index (χ1) is 15.1. The predicted octanol–water partition coefficient (Wildman–Crippen LogP) is 4.64. The molecular weight excluding hydrogens is 428 g/mol. The smallest absolute Gasteiger partial charge is 0.255 e. The van der Waals surface area contributed by atoms with Gasteiger partial charge in [0.05, 0.1) is 21.4 Å². The third-order valence-electron chi connectivity index (χ3n) is 5.81. The fraction of sp³-hybridized carbons (Fsp3) is 0.478. The number of carbonyl (C=O) groups is 2. The Morgan fingerprint density at radius 1 is 1.19 bits per heavy atom. The van der Waals surface area contributed by atoms with Crippen molar-refractivity contribution in [1.82, 2.24) is 9.88 Å². The fourth-order valence-corrected chi connectivity index (χ4v) is 6.11. The molecule has 2 aliphatic rings. The molecule has 0 saturated carbocycles. The van der Waals surface area contributed by atoms with Crippen LogP contribution >= 0.6 is 23.1 Å². The number of thiophene rings is 1. The van der Waals surface area contributed by atoms with Crippen LogP contribution in [0.2, 0.25) is 0 Å². The molecule has 0 spiro atoms. The van der Waals surface area contributed by atoms with Crippen molar-refractivity contribution in [2.24, 2.45) is 0 Å². The number of hydrogen-bond donors (Lipinski definition) is 1. The Labute approximate surface area is 191 Å². The van der Waals surface area contributed by atoms with Crippen molar-refractivity contribution in [2.75, 3.05) is 18.4 Å². The van der Waals surface area contributed by atoms with Gasteiger partial charge in [-0.2, -0.15) is 5.26 Å². The number of rotatable bonds is 5. The summed E-state index contributed by atoms with van der Waals surface area (Å²) in [6.45, 7) is 3.45. The van der Waals surface area contributed by atoms with Gasteiger partial charge in [-0.15, -0.1) is 11.3 Å². The molecule has 0 bridgehead atoms. The van der Waals surface area contributed by atoms with E-state index in [1.165, 1.54) is 23.1 Å². The number of nitrogens with zero attached hydrogens (tertiary/aromatic N) is 3. The van der Waals surface area contributed by atoms with Crippen LogP contribution in [0.3, 0.4) is 0 Å². The second kappa shape index (κ2) is 9.84. The van der Waals surface area contributed by atoms with Gasteiger partial charge in [0, 0.05) is 24.2 Å². The maximum Gasteiger partial charge on any atom is 0.255 e. The topological polar surface area (TPSA) is 86.1 Å². The van der Waals surface area contributed by atoms with Gasteiger partial charge in [0.25, 0.3) is 5.91 Å². The van der Waals surface area contributed by atoms with Crippen LogP contribution in [-0.2, 0) is 17.6 Å². The Hall–Kier alpha value is -2.37. The molecule has 4 rings (SSSR count). The largest absolute Gasteiger partial charge is 0.339 e. The second-order valence-corrected chi connectivity index (χ2v) is 10.5. The van der Waals surface area contributed by atoms with Crippen molar-refractivity contribution in [2.45, 2.75) is 62.1 Å².